The summed E-state index contributed by atoms with van der Waals surface area (Å²) in [4.78, 5) is 32.8. The Hall–Kier alpha value is -3.60. The van der Waals surface area contributed by atoms with E-state index in [4.69, 9.17) is 16.9 Å². The Morgan fingerprint density at radius 1 is 1.09 bits per heavy atom. The molecular weight excluding hydrogens is 468 g/mol. The quantitative estimate of drug-likeness (QED) is 0.257. The highest BCUT2D eigenvalue weighted by molar-refractivity contribution is 7.99. The number of nitrogens with zero attached hydrogens (tertiary/aromatic N) is 4. The highest BCUT2D eigenvalue weighted by atomic mass is 35.5. The molecule has 1 amide bonds. The number of aromatic nitrogens is 2. The summed E-state index contributed by atoms with van der Waals surface area (Å²) in [5, 5.41) is 10.5. The van der Waals surface area contributed by atoms with E-state index in [2.05, 4.69) is 11.1 Å². The number of anilines is 1. The van der Waals surface area contributed by atoms with Crippen molar-refractivity contribution in [2.24, 2.45) is 0 Å². The topological polar surface area (TPSA) is 79.0 Å². The highest BCUT2D eigenvalue weighted by Gasteiger charge is 2.19. The van der Waals surface area contributed by atoms with E-state index in [1.807, 2.05) is 37.3 Å². The third kappa shape index (κ3) is 5.14. The van der Waals surface area contributed by atoms with Crippen molar-refractivity contribution < 1.29 is 4.79 Å². The molecule has 0 spiro atoms. The molecule has 4 rings (SSSR count). The lowest BCUT2D eigenvalue weighted by Gasteiger charge is -2.22. The SMILES string of the molecule is Cc1ccc(N(CCC#N)C(=O)CSc2nc3ccccc3c(=O)n2-c2ccc(Cl)cc2)cc1. The van der Waals surface area contributed by atoms with E-state index >= 15 is 0 Å². The van der Waals surface area contributed by atoms with E-state index in [1.165, 1.54) is 16.3 Å². The molecule has 0 N–H and O–H groups in total. The van der Waals surface area contributed by atoms with Crippen LogP contribution < -0.4 is 10.5 Å². The molecule has 170 valence electrons. The van der Waals surface area contributed by atoms with Gasteiger partial charge in [0, 0.05) is 17.3 Å². The van der Waals surface area contributed by atoms with Crippen LogP contribution in [0.3, 0.4) is 0 Å². The summed E-state index contributed by atoms with van der Waals surface area (Å²) in [7, 11) is 0. The number of nitriles is 1. The number of halogens is 1. The summed E-state index contributed by atoms with van der Waals surface area (Å²) in [6.07, 6.45) is 0.216. The zero-order valence-corrected chi connectivity index (χ0v) is 20.0. The molecule has 6 nitrogen and oxygen atoms in total. The van der Waals surface area contributed by atoms with E-state index in [9.17, 15) is 9.59 Å². The van der Waals surface area contributed by atoms with Gasteiger partial charge in [0.15, 0.2) is 5.16 Å². The minimum absolute atomic E-state index is 0.0532. The average Bonchev–Trinajstić information content (AvgIpc) is 2.85. The van der Waals surface area contributed by atoms with Crippen LogP contribution in [-0.4, -0.2) is 27.8 Å². The van der Waals surface area contributed by atoms with Crippen LogP contribution in [0, 0.1) is 18.3 Å². The van der Waals surface area contributed by atoms with E-state index in [0.717, 1.165) is 11.3 Å². The third-order valence-electron chi connectivity index (χ3n) is 5.25. The van der Waals surface area contributed by atoms with Gasteiger partial charge in [-0.05, 0) is 55.5 Å². The summed E-state index contributed by atoms with van der Waals surface area (Å²) in [6.45, 7) is 2.26. The highest BCUT2D eigenvalue weighted by Crippen LogP contribution is 2.24. The first-order valence-electron chi connectivity index (χ1n) is 10.6. The van der Waals surface area contributed by atoms with Crippen molar-refractivity contribution >= 4 is 45.9 Å². The summed E-state index contributed by atoms with van der Waals surface area (Å²) in [6, 6.07) is 23.7. The maximum absolute atomic E-state index is 13.4. The number of para-hydroxylation sites is 1. The summed E-state index contributed by atoms with van der Waals surface area (Å²) in [5.74, 6) is -0.119. The molecule has 8 heteroatoms. The molecular formula is C26H21ClN4O2S. The van der Waals surface area contributed by atoms with Gasteiger partial charge in [-0.15, -0.1) is 0 Å². The number of rotatable bonds is 7. The van der Waals surface area contributed by atoms with Crippen molar-refractivity contribution in [2.75, 3.05) is 17.2 Å². The monoisotopic (exact) mass is 488 g/mol. The van der Waals surface area contributed by atoms with Gasteiger partial charge >= 0.3 is 0 Å². The van der Waals surface area contributed by atoms with Crippen molar-refractivity contribution in [2.45, 2.75) is 18.5 Å². The number of aryl methyl sites for hydroxylation is 1. The Bertz CT molecular complexity index is 1430. The van der Waals surface area contributed by atoms with E-state index in [-0.39, 0.29) is 30.2 Å². The Labute approximate surface area is 206 Å². The largest absolute Gasteiger partial charge is 0.311 e. The first-order valence-corrected chi connectivity index (χ1v) is 12.0. The molecule has 0 saturated carbocycles. The number of hydrogen-bond acceptors (Lipinski definition) is 5. The number of benzene rings is 3. The van der Waals surface area contributed by atoms with Gasteiger partial charge < -0.3 is 4.90 Å². The van der Waals surface area contributed by atoms with Crippen LogP contribution in [-0.2, 0) is 4.79 Å². The maximum Gasteiger partial charge on any atom is 0.266 e. The number of amides is 1. The van der Waals surface area contributed by atoms with Crippen LogP contribution in [0.15, 0.2) is 82.7 Å². The second-order valence-electron chi connectivity index (χ2n) is 7.61. The average molecular weight is 489 g/mol. The van der Waals surface area contributed by atoms with Gasteiger partial charge in [-0.1, -0.05) is 53.2 Å². The van der Waals surface area contributed by atoms with Crippen LogP contribution in [0.1, 0.15) is 12.0 Å². The minimum Gasteiger partial charge on any atom is -0.311 e. The van der Waals surface area contributed by atoms with Gasteiger partial charge in [-0.3, -0.25) is 14.2 Å². The van der Waals surface area contributed by atoms with Crippen LogP contribution in [0.2, 0.25) is 5.02 Å². The molecule has 3 aromatic carbocycles. The Morgan fingerprint density at radius 2 is 1.79 bits per heavy atom. The van der Waals surface area contributed by atoms with Crippen molar-refractivity contribution in [3.8, 4) is 11.8 Å². The molecule has 34 heavy (non-hydrogen) atoms. The fourth-order valence-corrected chi connectivity index (χ4v) is 4.53. The molecule has 0 fully saturated rings. The molecule has 1 aromatic heterocycles. The number of fused-ring (bicyclic) bond motifs is 1. The summed E-state index contributed by atoms with van der Waals surface area (Å²) < 4.78 is 1.50. The summed E-state index contributed by atoms with van der Waals surface area (Å²) in [5.41, 5.74) is 2.77. The van der Waals surface area contributed by atoms with Gasteiger partial charge in [-0.25, -0.2) is 4.98 Å². The molecule has 0 aliphatic rings. The Morgan fingerprint density at radius 3 is 2.50 bits per heavy atom. The van der Waals surface area contributed by atoms with Crippen LogP contribution in [0.4, 0.5) is 5.69 Å². The number of carbonyl (C=O) groups is 1. The maximum atomic E-state index is 13.4. The zero-order chi connectivity index (χ0) is 24.1. The standard InChI is InChI=1S/C26H21ClN4O2S/c1-18-7-11-20(12-8-18)30(16-4-15-28)24(32)17-34-26-29-23-6-3-2-5-22(23)25(33)31(26)21-13-9-19(27)10-14-21/h2-3,5-14H,4,16-17H2,1H3. The van der Waals surface area contributed by atoms with Gasteiger partial charge in [-0.2, -0.15) is 5.26 Å². The van der Waals surface area contributed by atoms with Gasteiger partial charge in [0.25, 0.3) is 5.56 Å². The van der Waals surface area contributed by atoms with Crippen molar-refractivity contribution in [3.05, 3.63) is 93.7 Å². The van der Waals surface area contributed by atoms with E-state index in [0.29, 0.717) is 26.8 Å². The lowest BCUT2D eigenvalue weighted by Crippen LogP contribution is -2.33. The second kappa shape index (κ2) is 10.6. The van der Waals surface area contributed by atoms with Crippen molar-refractivity contribution in [3.63, 3.8) is 0 Å². The van der Waals surface area contributed by atoms with E-state index < -0.39 is 0 Å². The van der Waals surface area contributed by atoms with Gasteiger partial charge in [0.05, 0.1) is 34.8 Å². The van der Waals surface area contributed by atoms with Crippen molar-refractivity contribution in [1.82, 2.24) is 9.55 Å². The van der Waals surface area contributed by atoms with Gasteiger partial charge in [0.2, 0.25) is 5.91 Å². The lowest BCUT2D eigenvalue weighted by atomic mass is 10.2. The smallest absolute Gasteiger partial charge is 0.266 e. The lowest BCUT2D eigenvalue weighted by molar-refractivity contribution is -0.116. The van der Waals surface area contributed by atoms with Gasteiger partial charge in [0.1, 0.15) is 0 Å². The molecule has 0 saturated heterocycles. The van der Waals surface area contributed by atoms with E-state index in [1.54, 1.807) is 47.4 Å². The predicted octanol–water partition coefficient (Wildman–Crippen LogP) is 5.39. The third-order valence-corrected chi connectivity index (χ3v) is 6.42. The number of carbonyl (C=O) groups excluding carboxylic acids is 1. The zero-order valence-electron chi connectivity index (χ0n) is 18.4. The minimum atomic E-state index is -0.220. The molecule has 0 unspecified atom stereocenters. The van der Waals surface area contributed by atoms with Crippen LogP contribution >= 0.6 is 23.4 Å². The molecule has 0 bridgehead atoms. The number of thioether (sulfide) groups is 1. The Balaban J connectivity index is 1.69. The van der Waals surface area contributed by atoms with Crippen molar-refractivity contribution in [1.29, 1.82) is 5.26 Å². The van der Waals surface area contributed by atoms with Crippen LogP contribution in [0.25, 0.3) is 16.6 Å². The fraction of sp³-hybridized carbons (Fsp3) is 0.154. The normalized spacial score (nSPS) is 10.7. The fourth-order valence-electron chi connectivity index (χ4n) is 3.52. The summed E-state index contributed by atoms with van der Waals surface area (Å²) >= 11 is 7.23. The first kappa shape index (κ1) is 23.6. The molecule has 4 aromatic rings. The molecule has 0 aliphatic heterocycles. The molecule has 0 atom stereocenters. The first-order chi connectivity index (χ1) is 16.5. The number of hydrogen-bond donors (Lipinski definition) is 0. The Kier molecular flexibility index (Phi) is 7.31. The predicted molar refractivity (Wildman–Crippen MR) is 137 cm³/mol. The molecule has 1 heterocycles. The van der Waals surface area contributed by atoms with Crippen LogP contribution in [0.5, 0.6) is 0 Å². The second-order valence-corrected chi connectivity index (χ2v) is 8.99. The molecule has 0 radical (unpaired) electrons. The molecule has 0 aliphatic carbocycles.